The smallest absolute Gasteiger partial charge is 0.142 e. The number of nitrogens with zero attached hydrogens (tertiary/aromatic N) is 1. The third kappa shape index (κ3) is 4.31. The van der Waals surface area contributed by atoms with Gasteiger partial charge in [0, 0.05) is 18.9 Å². The van der Waals surface area contributed by atoms with Crippen molar-refractivity contribution in [1.29, 1.82) is 0 Å². The van der Waals surface area contributed by atoms with E-state index in [1.54, 1.807) is 6.08 Å². The minimum atomic E-state index is 0.825. The molecule has 0 atom stereocenters. The molecule has 0 saturated heterocycles. The Morgan fingerprint density at radius 3 is 2.62 bits per heavy atom. The lowest BCUT2D eigenvalue weighted by molar-refractivity contribution is -0.104. The summed E-state index contributed by atoms with van der Waals surface area (Å²) in [6.07, 6.45) is 11.8. The second-order valence-corrected chi connectivity index (χ2v) is 2.98. The van der Waals surface area contributed by atoms with E-state index in [1.165, 1.54) is 0 Å². The normalized spacial score (nSPS) is 10.8. The second kappa shape index (κ2) is 6.23. The van der Waals surface area contributed by atoms with E-state index in [9.17, 15) is 4.79 Å². The van der Waals surface area contributed by atoms with Crippen molar-refractivity contribution in [1.82, 2.24) is 4.57 Å². The molecule has 0 aliphatic rings. The van der Waals surface area contributed by atoms with E-state index >= 15 is 0 Å². The van der Waals surface area contributed by atoms with Gasteiger partial charge in [0.15, 0.2) is 0 Å². The lowest BCUT2D eigenvalue weighted by Gasteiger charge is -2.00. The van der Waals surface area contributed by atoms with Gasteiger partial charge in [0.25, 0.3) is 0 Å². The van der Waals surface area contributed by atoms with Gasteiger partial charge in [-0.05, 0) is 37.5 Å². The van der Waals surface area contributed by atoms with Crippen molar-refractivity contribution in [3.63, 3.8) is 0 Å². The number of aryl methyl sites for hydroxylation is 1. The molecule has 0 aromatic carbocycles. The van der Waals surface area contributed by atoms with Crippen LogP contribution in [0.5, 0.6) is 0 Å². The fourth-order valence-electron chi connectivity index (χ4n) is 1.23. The fraction of sp³-hybridized carbons (Fsp3) is 0.364. The van der Waals surface area contributed by atoms with Gasteiger partial charge in [-0.3, -0.25) is 4.79 Å². The Hall–Kier alpha value is -1.31. The van der Waals surface area contributed by atoms with Crippen molar-refractivity contribution >= 4 is 6.29 Å². The number of carbonyl (C=O) groups excluding carboxylic acids is 1. The van der Waals surface area contributed by atoms with Gasteiger partial charge >= 0.3 is 0 Å². The molecule has 70 valence electrons. The topological polar surface area (TPSA) is 22.0 Å². The summed E-state index contributed by atoms with van der Waals surface area (Å²) in [5.74, 6) is 0. The Bertz CT molecular complexity index is 249. The molecule has 2 heteroatoms. The van der Waals surface area contributed by atoms with Gasteiger partial charge in [0.1, 0.15) is 6.29 Å². The Morgan fingerprint density at radius 2 is 1.92 bits per heavy atom. The van der Waals surface area contributed by atoms with Gasteiger partial charge in [-0.2, -0.15) is 0 Å². The van der Waals surface area contributed by atoms with E-state index in [4.69, 9.17) is 0 Å². The first-order chi connectivity index (χ1) is 6.43. The minimum Gasteiger partial charge on any atom is -0.354 e. The van der Waals surface area contributed by atoms with Gasteiger partial charge in [0.05, 0.1) is 0 Å². The highest BCUT2D eigenvalue weighted by atomic mass is 16.1. The SMILES string of the molecule is O=C/C=C/CCCCn1cccc1. The van der Waals surface area contributed by atoms with Crippen LogP contribution in [0.2, 0.25) is 0 Å². The zero-order valence-corrected chi connectivity index (χ0v) is 7.73. The van der Waals surface area contributed by atoms with E-state index < -0.39 is 0 Å². The van der Waals surface area contributed by atoms with Crippen LogP contribution in [0.15, 0.2) is 36.7 Å². The van der Waals surface area contributed by atoms with Gasteiger partial charge < -0.3 is 4.57 Å². The summed E-state index contributed by atoms with van der Waals surface area (Å²) in [6, 6.07) is 4.07. The second-order valence-electron chi connectivity index (χ2n) is 2.98. The monoisotopic (exact) mass is 177 g/mol. The quantitative estimate of drug-likeness (QED) is 0.371. The Kier molecular flexibility index (Phi) is 4.69. The molecule has 0 radical (unpaired) electrons. The standard InChI is InChI=1S/C11H15NO/c13-11-7-3-1-2-4-8-12-9-5-6-10-12/h3,5-7,9-11H,1-2,4,8H2/b7-3+. The predicted octanol–water partition coefficient (Wildman–Crippen LogP) is 2.41. The predicted molar refractivity (Wildman–Crippen MR) is 53.5 cm³/mol. The van der Waals surface area contributed by atoms with Gasteiger partial charge in [-0.15, -0.1) is 0 Å². The number of aldehydes is 1. The summed E-state index contributed by atoms with van der Waals surface area (Å²) >= 11 is 0. The molecule has 0 N–H and O–H groups in total. The van der Waals surface area contributed by atoms with Crippen LogP contribution in [0.25, 0.3) is 0 Å². The number of aromatic nitrogens is 1. The number of hydrogen-bond acceptors (Lipinski definition) is 1. The third-order valence-electron chi connectivity index (χ3n) is 1.92. The molecule has 0 saturated carbocycles. The highest BCUT2D eigenvalue weighted by Crippen LogP contribution is 2.00. The average Bonchev–Trinajstić information content (AvgIpc) is 2.63. The van der Waals surface area contributed by atoms with Crippen molar-refractivity contribution in [3.8, 4) is 0 Å². The number of carbonyl (C=O) groups is 1. The van der Waals surface area contributed by atoms with Gasteiger partial charge in [-0.25, -0.2) is 0 Å². The Morgan fingerprint density at radius 1 is 1.15 bits per heavy atom. The maximum absolute atomic E-state index is 9.93. The molecule has 1 rings (SSSR count). The molecule has 2 nitrogen and oxygen atoms in total. The first-order valence-corrected chi connectivity index (χ1v) is 4.64. The summed E-state index contributed by atoms with van der Waals surface area (Å²) in [6.45, 7) is 1.07. The Labute approximate surface area is 78.9 Å². The molecule has 1 heterocycles. The van der Waals surface area contributed by atoms with Crippen molar-refractivity contribution in [2.24, 2.45) is 0 Å². The van der Waals surface area contributed by atoms with E-state index in [0.29, 0.717) is 0 Å². The summed E-state index contributed by atoms with van der Waals surface area (Å²) in [5.41, 5.74) is 0. The highest BCUT2D eigenvalue weighted by Gasteiger charge is 1.88. The molecule has 0 fully saturated rings. The minimum absolute atomic E-state index is 0.825. The lowest BCUT2D eigenvalue weighted by Crippen LogP contribution is -1.92. The van der Waals surface area contributed by atoms with Crippen molar-refractivity contribution in [3.05, 3.63) is 36.7 Å². The largest absolute Gasteiger partial charge is 0.354 e. The van der Waals surface area contributed by atoms with Crippen LogP contribution in [-0.2, 0) is 11.3 Å². The van der Waals surface area contributed by atoms with Crippen molar-refractivity contribution < 1.29 is 4.79 Å². The van der Waals surface area contributed by atoms with Crippen molar-refractivity contribution in [2.75, 3.05) is 0 Å². The molecule has 0 amide bonds. The maximum atomic E-state index is 9.93. The molecule has 0 aliphatic heterocycles. The first kappa shape index (κ1) is 9.78. The number of rotatable bonds is 6. The third-order valence-corrected chi connectivity index (χ3v) is 1.92. The molecule has 0 bridgehead atoms. The van der Waals surface area contributed by atoms with E-state index in [-0.39, 0.29) is 0 Å². The maximum Gasteiger partial charge on any atom is 0.142 e. The van der Waals surface area contributed by atoms with Crippen LogP contribution in [0.3, 0.4) is 0 Å². The van der Waals surface area contributed by atoms with E-state index in [2.05, 4.69) is 17.0 Å². The number of allylic oxidation sites excluding steroid dienone is 2. The number of hydrogen-bond donors (Lipinski definition) is 0. The Balaban J connectivity index is 2.02. The van der Waals surface area contributed by atoms with Crippen LogP contribution in [0, 0.1) is 0 Å². The zero-order valence-electron chi connectivity index (χ0n) is 7.73. The van der Waals surface area contributed by atoms with Crippen LogP contribution in [0.1, 0.15) is 19.3 Å². The molecule has 0 unspecified atom stereocenters. The molecule has 1 aromatic heterocycles. The molecule has 0 aliphatic carbocycles. The van der Waals surface area contributed by atoms with Crippen LogP contribution < -0.4 is 0 Å². The molecule has 1 aromatic rings. The van der Waals surface area contributed by atoms with Gasteiger partial charge in [0.2, 0.25) is 0 Å². The average molecular weight is 177 g/mol. The van der Waals surface area contributed by atoms with E-state index in [0.717, 1.165) is 32.1 Å². The fourth-order valence-corrected chi connectivity index (χ4v) is 1.23. The van der Waals surface area contributed by atoms with E-state index in [1.807, 2.05) is 18.2 Å². The molecule has 13 heavy (non-hydrogen) atoms. The van der Waals surface area contributed by atoms with Crippen LogP contribution in [0.4, 0.5) is 0 Å². The number of unbranched alkanes of at least 4 members (excludes halogenated alkanes) is 2. The lowest BCUT2D eigenvalue weighted by atomic mass is 10.2. The summed E-state index contributed by atoms with van der Waals surface area (Å²) in [4.78, 5) is 9.93. The van der Waals surface area contributed by atoms with Crippen LogP contribution >= 0.6 is 0 Å². The molecular weight excluding hydrogens is 162 g/mol. The van der Waals surface area contributed by atoms with Crippen molar-refractivity contribution in [2.45, 2.75) is 25.8 Å². The molecule has 0 spiro atoms. The summed E-state index contributed by atoms with van der Waals surface area (Å²) < 4.78 is 2.17. The van der Waals surface area contributed by atoms with Crippen LogP contribution in [-0.4, -0.2) is 10.9 Å². The zero-order chi connectivity index (χ0) is 9.36. The summed E-state index contributed by atoms with van der Waals surface area (Å²) in [5, 5.41) is 0. The highest BCUT2D eigenvalue weighted by molar-refractivity contribution is 5.64. The van der Waals surface area contributed by atoms with Gasteiger partial charge in [-0.1, -0.05) is 6.08 Å². The first-order valence-electron chi connectivity index (χ1n) is 4.64. The molecular formula is C11H15NO. The summed E-state index contributed by atoms with van der Waals surface area (Å²) in [7, 11) is 0.